The molecule has 5 heteroatoms. The first-order valence-electron chi connectivity index (χ1n) is 14.7. The quantitative estimate of drug-likeness (QED) is 0.110. The number of allylic oxidation sites excluding steroid dienone is 1. The van der Waals surface area contributed by atoms with Gasteiger partial charge >= 0.3 is 11.9 Å². The Bertz CT molecular complexity index is 587. The number of nitrogens with zero attached hydrogens (tertiary/aromatic N) is 1. The molecule has 0 aromatic carbocycles. The highest BCUT2D eigenvalue weighted by molar-refractivity contribution is 5.72. The van der Waals surface area contributed by atoms with E-state index < -0.39 is 6.10 Å². The lowest BCUT2D eigenvalue weighted by Crippen LogP contribution is -2.29. The average molecular weight is 510 g/mol. The minimum absolute atomic E-state index is 0.127. The van der Waals surface area contributed by atoms with E-state index in [4.69, 9.17) is 9.47 Å². The zero-order chi connectivity index (χ0) is 27.3. The zero-order valence-electron chi connectivity index (χ0n) is 25.0. The first kappa shape index (κ1) is 34.6. The Kier molecular flexibility index (Phi) is 20.9. The lowest BCUT2D eigenvalue weighted by molar-refractivity contribution is -0.157. The fourth-order valence-electron chi connectivity index (χ4n) is 4.54. The Balaban J connectivity index is 4.48. The van der Waals surface area contributed by atoms with Crippen molar-refractivity contribution < 1.29 is 19.1 Å². The molecule has 0 aliphatic carbocycles. The van der Waals surface area contributed by atoms with Crippen LogP contribution in [0.3, 0.4) is 0 Å². The van der Waals surface area contributed by atoms with Crippen molar-refractivity contribution in [3.8, 4) is 0 Å². The van der Waals surface area contributed by atoms with Crippen molar-refractivity contribution in [2.75, 3.05) is 27.2 Å². The lowest BCUT2D eigenvalue weighted by Gasteiger charge is -2.24. The van der Waals surface area contributed by atoms with Gasteiger partial charge in [0.25, 0.3) is 0 Å². The number of carbonyl (C=O) groups excluding carboxylic acids is 2. The van der Waals surface area contributed by atoms with Gasteiger partial charge in [-0.25, -0.2) is 0 Å². The van der Waals surface area contributed by atoms with Gasteiger partial charge in [0, 0.05) is 6.42 Å². The topological polar surface area (TPSA) is 55.8 Å². The third kappa shape index (κ3) is 20.8. The van der Waals surface area contributed by atoms with Gasteiger partial charge in [-0.05, 0) is 64.1 Å². The molecule has 0 bridgehead atoms. The van der Waals surface area contributed by atoms with E-state index in [2.05, 4.69) is 39.5 Å². The van der Waals surface area contributed by atoms with Crippen LogP contribution in [-0.4, -0.2) is 50.2 Å². The first-order chi connectivity index (χ1) is 17.0. The minimum Gasteiger partial charge on any atom is -0.461 e. The van der Waals surface area contributed by atoms with Gasteiger partial charge in [-0.2, -0.15) is 0 Å². The molecule has 212 valence electrons. The Morgan fingerprint density at radius 1 is 0.778 bits per heavy atom. The molecule has 0 saturated heterocycles. The molecule has 0 fully saturated rings. The minimum atomic E-state index is -0.419. The van der Waals surface area contributed by atoms with Gasteiger partial charge in [0.15, 0.2) is 0 Å². The van der Waals surface area contributed by atoms with Gasteiger partial charge in [0.1, 0.15) is 12.7 Å². The molecular weight excluding hydrogens is 450 g/mol. The van der Waals surface area contributed by atoms with Crippen LogP contribution in [0.1, 0.15) is 119 Å². The van der Waals surface area contributed by atoms with Gasteiger partial charge in [-0.3, -0.25) is 9.59 Å². The van der Waals surface area contributed by atoms with Crippen LogP contribution in [0.2, 0.25) is 0 Å². The molecule has 0 spiro atoms. The Morgan fingerprint density at radius 2 is 1.33 bits per heavy atom. The third-order valence-corrected chi connectivity index (χ3v) is 7.08. The van der Waals surface area contributed by atoms with Crippen LogP contribution in [0.25, 0.3) is 0 Å². The maximum atomic E-state index is 12.4. The SMILES string of the molecule is C/C=C/COC(=O)CC(OC(=O)CCCN(C)C)C(C)CCCC(C)CCCC(C)CCCC(C)C. The van der Waals surface area contributed by atoms with Crippen molar-refractivity contribution in [3.05, 3.63) is 12.2 Å². The van der Waals surface area contributed by atoms with E-state index in [1.807, 2.05) is 27.1 Å². The zero-order valence-corrected chi connectivity index (χ0v) is 25.0. The summed E-state index contributed by atoms with van der Waals surface area (Å²) in [5.74, 6) is 1.96. The van der Waals surface area contributed by atoms with Crippen LogP contribution >= 0.6 is 0 Å². The van der Waals surface area contributed by atoms with Gasteiger partial charge < -0.3 is 14.4 Å². The number of hydrogen-bond acceptors (Lipinski definition) is 5. The molecule has 4 atom stereocenters. The van der Waals surface area contributed by atoms with Crippen molar-refractivity contribution in [2.24, 2.45) is 23.7 Å². The number of ether oxygens (including phenoxy) is 2. The summed E-state index contributed by atoms with van der Waals surface area (Å²) in [5.41, 5.74) is 0. The molecular formula is C31H59NO4. The Morgan fingerprint density at radius 3 is 1.86 bits per heavy atom. The second-order valence-electron chi connectivity index (χ2n) is 11.8. The van der Waals surface area contributed by atoms with Gasteiger partial charge in [-0.1, -0.05) is 98.1 Å². The van der Waals surface area contributed by atoms with Crippen molar-refractivity contribution in [2.45, 2.75) is 125 Å². The van der Waals surface area contributed by atoms with E-state index in [-0.39, 0.29) is 30.9 Å². The number of carbonyl (C=O) groups is 2. The highest BCUT2D eigenvalue weighted by Gasteiger charge is 2.25. The number of rotatable bonds is 22. The molecule has 0 heterocycles. The highest BCUT2D eigenvalue weighted by Crippen LogP contribution is 2.24. The van der Waals surface area contributed by atoms with Crippen LogP contribution in [-0.2, 0) is 19.1 Å². The second-order valence-corrected chi connectivity index (χ2v) is 11.8. The number of esters is 2. The second kappa shape index (κ2) is 21.7. The number of hydrogen-bond donors (Lipinski definition) is 0. The van der Waals surface area contributed by atoms with Crippen LogP contribution in [0.15, 0.2) is 12.2 Å². The predicted molar refractivity (Wildman–Crippen MR) is 152 cm³/mol. The summed E-state index contributed by atoms with van der Waals surface area (Å²) in [6, 6.07) is 0. The van der Waals surface area contributed by atoms with E-state index in [0.717, 1.165) is 37.6 Å². The van der Waals surface area contributed by atoms with E-state index in [1.165, 1.54) is 44.9 Å². The van der Waals surface area contributed by atoms with Gasteiger partial charge in [0.05, 0.1) is 6.42 Å². The summed E-state index contributed by atoms with van der Waals surface area (Å²) in [6.07, 6.45) is 15.7. The van der Waals surface area contributed by atoms with Crippen molar-refractivity contribution in [1.82, 2.24) is 4.90 Å². The van der Waals surface area contributed by atoms with Crippen LogP contribution < -0.4 is 0 Å². The molecule has 0 aromatic heterocycles. The molecule has 36 heavy (non-hydrogen) atoms. The predicted octanol–water partition coefficient (Wildman–Crippen LogP) is 7.82. The summed E-state index contributed by atoms with van der Waals surface area (Å²) in [4.78, 5) is 26.8. The summed E-state index contributed by atoms with van der Waals surface area (Å²) < 4.78 is 11.1. The fraction of sp³-hybridized carbons (Fsp3) is 0.871. The van der Waals surface area contributed by atoms with Crippen LogP contribution in [0, 0.1) is 23.7 Å². The van der Waals surface area contributed by atoms with E-state index in [0.29, 0.717) is 12.3 Å². The van der Waals surface area contributed by atoms with E-state index in [9.17, 15) is 9.59 Å². The normalized spacial score (nSPS) is 15.3. The first-order valence-corrected chi connectivity index (χ1v) is 14.7. The van der Waals surface area contributed by atoms with Gasteiger partial charge in [-0.15, -0.1) is 0 Å². The third-order valence-electron chi connectivity index (χ3n) is 7.08. The molecule has 0 rings (SSSR count). The summed E-state index contributed by atoms with van der Waals surface area (Å²) in [7, 11) is 3.99. The Hall–Kier alpha value is -1.36. The largest absolute Gasteiger partial charge is 0.461 e. The molecule has 0 amide bonds. The molecule has 0 aromatic rings. The molecule has 4 unspecified atom stereocenters. The van der Waals surface area contributed by atoms with Crippen LogP contribution in [0.5, 0.6) is 0 Å². The average Bonchev–Trinajstić information content (AvgIpc) is 2.78. The molecule has 0 N–H and O–H groups in total. The summed E-state index contributed by atoms with van der Waals surface area (Å²) in [5, 5.41) is 0. The standard InChI is InChI=1S/C31H59NO4/c1-9-10-23-35-31(34)24-29(36-30(33)21-14-22-32(7)8)28(6)20-13-19-27(5)18-12-17-26(4)16-11-15-25(2)3/h9-10,25-29H,11-24H2,1-8H3/b10-9+. The van der Waals surface area contributed by atoms with E-state index in [1.54, 1.807) is 6.08 Å². The fourth-order valence-corrected chi connectivity index (χ4v) is 4.54. The van der Waals surface area contributed by atoms with Crippen molar-refractivity contribution in [1.29, 1.82) is 0 Å². The van der Waals surface area contributed by atoms with Gasteiger partial charge in [0.2, 0.25) is 0 Å². The van der Waals surface area contributed by atoms with Crippen molar-refractivity contribution >= 4 is 11.9 Å². The van der Waals surface area contributed by atoms with Crippen LogP contribution in [0.4, 0.5) is 0 Å². The molecule has 0 saturated carbocycles. The lowest BCUT2D eigenvalue weighted by atomic mass is 9.90. The molecule has 5 nitrogen and oxygen atoms in total. The highest BCUT2D eigenvalue weighted by atomic mass is 16.6. The molecule has 0 radical (unpaired) electrons. The molecule has 0 aliphatic rings. The summed E-state index contributed by atoms with van der Waals surface area (Å²) in [6.45, 7) is 14.5. The van der Waals surface area contributed by atoms with E-state index >= 15 is 0 Å². The Labute approximate surface area is 223 Å². The van der Waals surface area contributed by atoms with Crippen molar-refractivity contribution in [3.63, 3.8) is 0 Å². The maximum Gasteiger partial charge on any atom is 0.309 e. The maximum absolute atomic E-state index is 12.4. The molecule has 0 aliphatic heterocycles. The smallest absolute Gasteiger partial charge is 0.309 e. The summed E-state index contributed by atoms with van der Waals surface area (Å²) >= 11 is 0. The monoisotopic (exact) mass is 509 g/mol.